The fourth-order valence-electron chi connectivity index (χ4n) is 2.93. The van der Waals surface area contributed by atoms with E-state index in [2.05, 4.69) is 6.92 Å². The van der Waals surface area contributed by atoms with Gasteiger partial charge in [0.2, 0.25) is 0 Å². The normalized spacial score (nSPS) is 16.0. The molecule has 0 aliphatic heterocycles. The Hall–Kier alpha value is -1.28. The second-order valence-electron chi connectivity index (χ2n) is 7.53. The van der Waals surface area contributed by atoms with Gasteiger partial charge in [0, 0.05) is 12.8 Å². The lowest BCUT2D eigenvalue weighted by Gasteiger charge is -2.30. The van der Waals surface area contributed by atoms with E-state index in [1.165, 1.54) is 12.8 Å². The van der Waals surface area contributed by atoms with Gasteiger partial charge in [0.05, 0.1) is 12.7 Å². The first-order chi connectivity index (χ1) is 13.3. The van der Waals surface area contributed by atoms with Crippen molar-refractivity contribution >= 4 is 11.8 Å². The number of ketones is 1. The molecule has 0 heterocycles. The molecule has 28 heavy (non-hydrogen) atoms. The number of aliphatic carboxylic acids is 1. The van der Waals surface area contributed by atoms with Crippen molar-refractivity contribution in [3.8, 4) is 0 Å². The van der Waals surface area contributed by atoms with Crippen LogP contribution in [-0.2, 0) is 9.59 Å². The first kappa shape index (κ1) is 26.7. The summed E-state index contributed by atoms with van der Waals surface area (Å²) in [5, 5.41) is 37.8. The molecule has 3 atom stereocenters. The van der Waals surface area contributed by atoms with E-state index in [0.29, 0.717) is 18.6 Å². The highest BCUT2D eigenvalue weighted by Gasteiger charge is 2.44. The third-order valence-electron chi connectivity index (χ3n) is 4.98. The number of unbranched alkanes of at least 4 members (excludes halogenated alkanes) is 7. The lowest BCUT2D eigenvalue weighted by atomic mass is 9.89. The van der Waals surface area contributed by atoms with Crippen LogP contribution in [0, 0.1) is 0 Å². The van der Waals surface area contributed by atoms with Gasteiger partial charge in [-0.25, -0.2) is 0 Å². The molecule has 0 amide bonds. The van der Waals surface area contributed by atoms with Crippen molar-refractivity contribution < 1.29 is 30.0 Å². The molecule has 0 aliphatic rings. The summed E-state index contributed by atoms with van der Waals surface area (Å²) in [5.41, 5.74) is 3.16. The molecule has 7 heteroatoms. The van der Waals surface area contributed by atoms with Crippen LogP contribution in [0.25, 0.3) is 0 Å². The summed E-state index contributed by atoms with van der Waals surface area (Å²) in [6, 6.07) is 0. The summed E-state index contributed by atoms with van der Waals surface area (Å²) in [4.78, 5) is 22.7. The second kappa shape index (κ2) is 15.6. The fraction of sp³-hybridized carbons (Fsp3) is 0.810. The predicted octanol–water partition coefficient (Wildman–Crippen LogP) is 2.31. The van der Waals surface area contributed by atoms with Crippen molar-refractivity contribution in [3.63, 3.8) is 0 Å². The maximum atomic E-state index is 11.7. The van der Waals surface area contributed by atoms with Crippen LogP contribution in [-0.4, -0.2) is 56.5 Å². The van der Waals surface area contributed by atoms with Crippen molar-refractivity contribution in [2.45, 2.75) is 102 Å². The Morgan fingerprint density at radius 1 is 0.964 bits per heavy atom. The average Bonchev–Trinajstić information content (AvgIpc) is 2.68. The number of allylic oxidation sites excluding steroid dienone is 1. The van der Waals surface area contributed by atoms with E-state index >= 15 is 0 Å². The Morgan fingerprint density at radius 2 is 1.54 bits per heavy atom. The van der Waals surface area contributed by atoms with Crippen molar-refractivity contribution in [1.82, 2.24) is 0 Å². The van der Waals surface area contributed by atoms with E-state index in [1.807, 2.05) is 6.08 Å². The standard InChI is InChI=1S/C21H39NO6/c1-2-3-4-10-13-17(24)14-11-8-6-5-7-9-12-15-18(25)19(26)21(22,16-23)20(27)28/h9,12,18-19,23,25-26H,2-8,10-11,13-16,22H2,1H3,(H,27,28)/b12-9-/t18-,19+,21-/m0/s1. The van der Waals surface area contributed by atoms with Gasteiger partial charge in [0.1, 0.15) is 11.9 Å². The lowest BCUT2D eigenvalue weighted by Crippen LogP contribution is -2.63. The molecule has 0 spiro atoms. The van der Waals surface area contributed by atoms with Crippen molar-refractivity contribution in [2.75, 3.05) is 6.61 Å². The number of hydrogen-bond donors (Lipinski definition) is 5. The Labute approximate surface area is 168 Å². The van der Waals surface area contributed by atoms with Crippen LogP contribution in [0.2, 0.25) is 0 Å². The molecule has 164 valence electrons. The number of aliphatic hydroxyl groups excluding tert-OH is 3. The number of rotatable bonds is 18. The van der Waals surface area contributed by atoms with E-state index in [-0.39, 0.29) is 6.42 Å². The number of nitrogens with two attached hydrogens (primary N) is 1. The summed E-state index contributed by atoms with van der Waals surface area (Å²) in [6.07, 6.45) is 11.1. The average molecular weight is 402 g/mol. The molecular formula is C21H39NO6. The molecule has 0 saturated heterocycles. The van der Waals surface area contributed by atoms with Gasteiger partial charge >= 0.3 is 5.97 Å². The number of carboxylic acids is 1. The third kappa shape index (κ3) is 10.9. The number of carboxylic acid groups (broad SMARTS) is 1. The molecule has 0 aromatic rings. The monoisotopic (exact) mass is 401 g/mol. The molecule has 0 aromatic carbocycles. The molecule has 6 N–H and O–H groups in total. The number of carbonyl (C=O) groups excluding carboxylic acids is 1. The summed E-state index contributed by atoms with van der Waals surface area (Å²) in [6.45, 7) is 1.19. The summed E-state index contributed by atoms with van der Waals surface area (Å²) in [7, 11) is 0. The smallest absolute Gasteiger partial charge is 0.328 e. The lowest BCUT2D eigenvalue weighted by molar-refractivity contribution is -0.155. The van der Waals surface area contributed by atoms with Crippen LogP contribution in [0.5, 0.6) is 0 Å². The summed E-state index contributed by atoms with van der Waals surface area (Å²) < 4.78 is 0. The largest absolute Gasteiger partial charge is 0.480 e. The zero-order chi connectivity index (χ0) is 21.4. The van der Waals surface area contributed by atoms with Crippen LogP contribution < -0.4 is 5.73 Å². The Bertz CT molecular complexity index is 468. The van der Waals surface area contributed by atoms with Gasteiger partial charge < -0.3 is 26.2 Å². The predicted molar refractivity (Wildman–Crippen MR) is 109 cm³/mol. The molecular weight excluding hydrogens is 362 g/mol. The Morgan fingerprint density at radius 3 is 2.07 bits per heavy atom. The van der Waals surface area contributed by atoms with Crippen molar-refractivity contribution in [2.24, 2.45) is 5.73 Å². The zero-order valence-electron chi connectivity index (χ0n) is 17.2. The summed E-state index contributed by atoms with van der Waals surface area (Å²) >= 11 is 0. The highest BCUT2D eigenvalue weighted by molar-refractivity contribution is 5.79. The number of aliphatic hydroxyl groups is 3. The zero-order valence-corrected chi connectivity index (χ0v) is 17.2. The second-order valence-corrected chi connectivity index (χ2v) is 7.53. The SMILES string of the molecule is CCCCCCC(=O)CCCCCC/C=C\C[C@H](O)[C@@H](O)[C@@](N)(CO)C(=O)O. The maximum Gasteiger partial charge on any atom is 0.328 e. The number of hydrogen-bond acceptors (Lipinski definition) is 6. The van der Waals surface area contributed by atoms with Gasteiger partial charge in [0.15, 0.2) is 5.54 Å². The molecule has 0 radical (unpaired) electrons. The van der Waals surface area contributed by atoms with Crippen LogP contribution in [0.4, 0.5) is 0 Å². The molecule has 0 unspecified atom stereocenters. The first-order valence-electron chi connectivity index (χ1n) is 10.5. The molecule has 0 fully saturated rings. The number of Topliss-reactive ketones (excluding diaryl/α,β-unsaturated/α-hetero) is 1. The molecule has 0 rings (SSSR count). The maximum absolute atomic E-state index is 11.7. The highest BCUT2D eigenvalue weighted by Crippen LogP contribution is 2.15. The summed E-state index contributed by atoms with van der Waals surface area (Å²) in [5.74, 6) is -1.20. The van der Waals surface area contributed by atoms with Gasteiger partial charge in [-0.3, -0.25) is 9.59 Å². The van der Waals surface area contributed by atoms with Crippen molar-refractivity contribution in [3.05, 3.63) is 12.2 Å². The van der Waals surface area contributed by atoms with E-state index in [0.717, 1.165) is 44.9 Å². The van der Waals surface area contributed by atoms with Gasteiger partial charge in [-0.05, 0) is 32.1 Å². The van der Waals surface area contributed by atoms with Crippen LogP contribution in [0.15, 0.2) is 12.2 Å². The molecule has 0 bridgehead atoms. The molecule has 0 aliphatic carbocycles. The van der Waals surface area contributed by atoms with Crippen LogP contribution in [0.3, 0.4) is 0 Å². The fourth-order valence-corrected chi connectivity index (χ4v) is 2.93. The van der Waals surface area contributed by atoms with Gasteiger partial charge in [-0.2, -0.15) is 0 Å². The van der Waals surface area contributed by atoms with E-state index in [1.54, 1.807) is 6.08 Å². The Kier molecular flexibility index (Phi) is 14.9. The minimum atomic E-state index is -2.28. The minimum Gasteiger partial charge on any atom is -0.480 e. The number of carbonyl (C=O) groups is 2. The third-order valence-corrected chi connectivity index (χ3v) is 4.98. The van der Waals surface area contributed by atoms with Crippen molar-refractivity contribution in [1.29, 1.82) is 0 Å². The van der Waals surface area contributed by atoms with Gasteiger partial charge in [-0.1, -0.05) is 51.2 Å². The van der Waals surface area contributed by atoms with Gasteiger partial charge in [-0.15, -0.1) is 0 Å². The van der Waals surface area contributed by atoms with Crippen LogP contribution >= 0.6 is 0 Å². The molecule has 7 nitrogen and oxygen atoms in total. The molecule has 0 aromatic heterocycles. The quantitative estimate of drug-likeness (QED) is 0.175. The topological polar surface area (TPSA) is 141 Å². The minimum absolute atomic E-state index is 0.0555. The van der Waals surface area contributed by atoms with E-state index < -0.39 is 30.3 Å². The first-order valence-corrected chi connectivity index (χ1v) is 10.5. The van der Waals surface area contributed by atoms with Crippen LogP contribution in [0.1, 0.15) is 84.0 Å². The van der Waals surface area contributed by atoms with E-state index in [9.17, 15) is 19.8 Å². The van der Waals surface area contributed by atoms with E-state index in [4.69, 9.17) is 15.9 Å². The van der Waals surface area contributed by atoms with Gasteiger partial charge in [0.25, 0.3) is 0 Å². The Balaban J connectivity index is 3.80. The highest BCUT2D eigenvalue weighted by atomic mass is 16.4. The molecule has 0 saturated carbocycles.